The predicted octanol–water partition coefficient (Wildman–Crippen LogP) is 3.47. The SMILES string of the molecule is C=C(C)C(=O)C(CC(C)C)NC(=O)OCc1ccccc1. The topological polar surface area (TPSA) is 55.4 Å². The Labute approximate surface area is 126 Å². The zero-order valence-corrected chi connectivity index (χ0v) is 12.9. The van der Waals surface area contributed by atoms with Gasteiger partial charge in [0.2, 0.25) is 0 Å². The highest BCUT2D eigenvalue weighted by molar-refractivity contribution is 5.99. The lowest BCUT2D eigenvalue weighted by Gasteiger charge is -2.19. The second-order valence-electron chi connectivity index (χ2n) is 5.53. The Balaban J connectivity index is 2.55. The van der Waals surface area contributed by atoms with Crippen molar-refractivity contribution in [1.82, 2.24) is 5.32 Å². The van der Waals surface area contributed by atoms with Crippen LogP contribution in [0.2, 0.25) is 0 Å². The van der Waals surface area contributed by atoms with E-state index in [9.17, 15) is 9.59 Å². The molecule has 1 rings (SSSR count). The molecule has 0 saturated heterocycles. The summed E-state index contributed by atoms with van der Waals surface area (Å²) in [7, 11) is 0. The molecule has 0 heterocycles. The number of nitrogens with one attached hydrogen (secondary N) is 1. The minimum Gasteiger partial charge on any atom is -0.445 e. The lowest BCUT2D eigenvalue weighted by molar-refractivity contribution is -0.117. The minimum atomic E-state index is -0.584. The van der Waals surface area contributed by atoms with Crippen LogP contribution in [-0.2, 0) is 16.1 Å². The van der Waals surface area contributed by atoms with Gasteiger partial charge in [0.15, 0.2) is 5.78 Å². The number of alkyl carbamates (subject to hydrolysis) is 1. The number of hydrogen-bond donors (Lipinski definition) is 1. The highest BCUT2D eigenvalue weighted by Gasteiger charge is 2.22. The standard InChI is InChI=1S/C17H23NO3/c1-12(2)10-15(16(19)13(3)4)18-17(20)21-11-14-8-6-5-7-9-14/h5-9,12,15H,3,10-11H2,1-2,4H3,(H,18,20). The Morgan fingerprint density at radius 3 is 2.38 bits per heavy atom. The number of ketones is 1. The largest absolute Gasteiger partial charge is 0.445 e. The Morgan fingerprint density at radius 2 is 1.86 bits per heavy atom. The van der Waals surface area contributed by atoms with Crippen LogP contribution in [0.25, 0.3) is 0 Å². The van der Waals surface area contributed by atoms with Crippen LogP contribution in [0.15, 0.2) is 42.5 Å². The molecule has 114 valence electrons. The van der Waals surface area contributed by atoms with Gasteiger partial charge >= 0.3 is 6.09 Å². The summed E-state index contributed by atoms with van der Waals surface area (Å²) in [5.74, 6) is 0.132. The van der Waals surface area contributed by atoms with Gasteiger partial charge < -0.3 is 10.1 Å². The first-order valence-corrected chi connectivity index (χ1v) is 7.07. The molecule has 1 aromatic rings. The van der Waals surface area contributed by atoms with Crippen molar-refractivity contribution in [2.75, 3.05) is 0 Å². The monoisotopic (exact) mass is 289 g/mol. The zero-order chi connectivity index (χ0) is 15.8. The van der Waals surface area contributed by atoms with Crippen LogP contribution < -0.4 is 5.32 Å². The summed E-state index contributed by atoms with van der Waals surface area (Å²) >= 11 is 0. The van der Waals surface area contributed by atoms with Gasteiger partial charge in [0.1, 0.15) is 6.61 Å². The maximum absolute atomic E-state index is 12.0. The fraction of sp³-hybridized carbons (Fsp3) is 0.412. The summed E-state index contributed by atoms with van der Waals surface area (Å²) in [4.78, 5) is 23.8. The number of carbonyl (C=O) groups excluding carboxylic acids is 2. The molecule has 0 aliphatic carbocycles. The van der Waals surface area contributed by atoms with Gasteiger partial charge in [-0.25, -0.2) is 4.79 Å². The van der Waals surface area contributed by atoms with Gasteiger partial charge in [-0.15, -0.1) is 0 Å². The number of rotatable bonds is 7. The highest BCUT2D eigenvalue weighted by Crippen LogP contribution is 2.10. The molecular weight excluding hydrogens is 266 g/mol. The molecule has 4 nitrogen and oxygen atoms in total. The maximum atomic E-state index is 12.0. The van der Waals surface area contributed by atoms with Crippen molar-refractivity contribution in [3.05, 3.63) is 48.0 Å². The van der Waals surface area contributed by atoms with Crippen molar-refractivity contribution in [3.63, 3.8) is 0 Å². The van der Waals surface area contributed by atoms with Crippen molar-refractivity contribution < 1.29 is 14.3 Å². The van der Waals surface area contributed by atoms with Crippen molar-refractivity contribution in [2.45, 2.75) is 39.8 Å². The van der Waals surface area contributed by atoms with E-state index in [4.69, 9.17) is 4.74 Å². The molecule has 0 spiro atoms. The van der Waals surface area contributed by atoms with Gasteiger partial charge in [-0.2, -0.15) is 0 Å². The van der Waals surface area contributed by atoms with Gasteiger partial charge in [-0.05, 0) is 30.4 Å². The van der Waals surface area contributed by atoms with Gasteiger partial charge in [0.25, 0.3) is 0 Å². The molecule has 1 atom stereocenters. The van der Waals surface area contributed by atoms with Crippen LogP contribution in [0.1, 0.15) is 32.8 Å². The van der Waals surface area contributed by atoms with Gasteiger partial charge in [-0.3, -0.25) is 4.79 Å². The smallest absolute Gasteiger partial charge is 0.408 e. The first-order chi connectivity index (χ1) is 9.90. The molecule has 0 aromatic heterocycles. The van der Waals surface area contributed by atoms with Gasteiger partial charge in [-0.1, -0.05) is 50.8 Å². The molecular formula is C17H23NO3. The van der Waals surface area contributed by atoms with Crippen molar-refractivity contribution in [2.24, 2.45) is 5.92 Å². The fourth-order valence-electron chi connectivity index (χ4n) is 1.91. The van der Waals surface area contributed by atoms with E-state index in [1.807, 2.05) is 44.2 Å². The Bertz CT molecular complexity index is 494. The van der Waals surface area contributed by atoms with E-state index in [1.54, 1.807) is 6.92 Å². The normalized spacial score (nSPS) is 11.8. The molecule has 1 N–H and O–H groups in total. The van der Waals surface area contributed by atoms with Crippen LogP contribution >= 0.6 is 0 Å². The molecule has 0 bridgehead atoms. The van der Waals surface area contributed by atoms with Crippen molar-refractivity contribution >= 4 is 11.9 Å². The van der Waals surface area contributed by atoms with E-state index in [-0.39, 0.29) is 18.3 Å². The Hall–Kier alpha value is -2.10. The molecule has 0 fully saturated rings. The lowest BCUT2D eigenvalue weighted by atomic mass is 9.97. The quantitative estimate of drug-likeness (QED) is 0.782. The number of amides is 1. The molecule has 1 aromatic carbocycles. The highest BCUT2D eigenvalue weighted by atomic mass is 16.5. The third-order valence-electron chi connectivity index (χ3n) is 2.95. The summed E-state index contributed by atoms with van der Waals surface area (Å²) < 4.78 is 5.14. The maximum Gasteiger partial charge on any atom is 0.408 e. The molecule has 1 amide bonds. The van der Waals surface area contributed by atoms with Crippen LogP contribution in [0.3, 0.4) is 0 Å². The van der Waals surface area contributed by atoms with Crippen molar-refractivity contribution in [1.29, 1.82) is 0 Å². The first kappa shape index (κ1) is 17.0. The molecule has 1 unspecified atom stereocenters. The van der Waals surface area contributed by atoms with E-state index in [0.717, 1.165) is 5.56 Å². The number of carbonyl (C=O) groups is 2. The number of hydrogen-bond acceptors (Lipinski definition) is 3. The molecule has 0 aliphatic heterocycles. The molecule has 21 heavy (non-hydrogen) atoms. The summed E-state index contributed by atoms with van der Waals surface area (Å²) in [6.07, 6.45) is -0.0225. The van der Waals surface area contributed by atoms with E-state index in [0.29, 0.717) is 12.0 Å². The van der Waals surface area contributed by atoms with Gasteiger partial charge in [0, 0.05) is 0 Å². The zero-order valence-electron chi connectivity index (χ0n) is 12.9. The van der Waals surface area contributed by atoms with Crippen LogP contribution in [0.5, 0.6) is 0 Å². The van der Waals surface area contributed by atoms with Crippen LogP contribution in [0, 0.1) is 5.92 Å². The number of ether oxygens (including phenoxy) is 1. The number of Topliss-reactive ketones (excluding diaryl/α,β-unsaturated/α-hetero) is 1. The third-order valence-corrected chi connectivity index (χ3v) is 2.95. The molecule has 0 aliphatic rings. The average Bonchev–Trinajstić information content (AvgIpc) is 2.44. The summed E-state index contributed by atoms with van der Waals surface area (Å²) in [5.41, 5.74) is 1.34. The van der Waals surface area contributed by atoms with Crippen LogP contribution in [0.4, 0.5) is 4.79 Å². The predicted molar refractivity (Wildman–Crippen MR) is 82.8 cm³/mol. The Kier molecular flexibility index (Phi) is 6.66. The fourth-order valence-corrected chi connectivity index (χ4v) is 1.91. The summed E-state index contributed by atoms with van der Waals surface area (Å²) in [6.45, 7) is 9.46. The summed E-state index contributed by atoms with van der Waals surface area (Å²) in [6, 6.07) is 8.82. The van der Waals surface area contributed by atoms with E-state index >= 15 is 0 Å². The average molecular weight is 289 g/mol. The second-order valence-corrected chi connectivity index (χ2v) is 5.53. The second kappa shape index (κ2) is 8.25. The third kappa shape index (κ3) is 6.25. The number of benzene rings is 1. The van der Waals surface area contributed by atoms with E-state index < -0.39 is 12.1 Å². The van der Waals surface area contributed by atoms with Gasteiger partial charge in [0.05, 0.1) is 6.04 Å². The minimum absolute atomic E-state index is 0.152. The summed E-state index contributed by atoms with van der Waals surface area (Å²) in [5, 5.41) is 2.63. The van der Waals surface area contributed by atoms with E-state index in [2.05, 4.69) is 11.9 Å². The van der Waals surface area contributed by atoms with Crippen LogP contribution in [-0.4, -0.2) is 17.9 Å². The first-order valence-electron chi connectivity index (χ1n) is 7.07. The lowest BCUT2D eigenvalue weighted by Crippen LogP contribution is -2.42. The molecule has 0 saturated carbocycles. The van der Waals surface area contributed by atoms with E-state index in [1.165, 1.54) is 0 Å². The molecule has 0 radical (unpaired) electrons. The Morgan fingerprint density at radius 1 is 1.24 bits per heavy atom. The molecule has 4 heteroatoms. The van der Waals surface area contributed by atoms with Crippen molar-refractivity contribution in [3.8, 4) is 0 Å².